The number of hydrogen-bond donors (Lipinski definition) is 0. The molecule has 8 heteroatoms. The van der Waals surface area contributed by atoms with Crippen molar-refractivity contribution in [2.24, 2.45) is 0 Å². The lowest BCUT2D eigenvalue weighted by molar-refractivity contribution is -0.144. The molecule has 0 bridgehead atoms. The monoisotopic (exact) mass is 459 g/mol. The van der Waals surface area contributed by atoms with E-state index in [1.54, 1.807) is 6.07 Å². The van der Waals surface area contributed by atoms with Gasteiger partial charge in [0, 0.05) is 18.7 Å². The van der Waals surface area contributed by atoms with Crippen molar-refractivity contribution in [3.63, 3.8) is 0 Å². The van der Waals surface area contributed by atoms with E-state index < -0.39 is 28.4 Å². The molecular formula is C24H29NO6S. The summed E-state index contributed by atoms with van der Waals surface area (Å²) in [5.41, 5.74) is 2.57. The Morgan fingerprint density at radius 1 is 1.00 bits per heavy atom. The van der Waals surface area contributed by atoms with Crippen molar-refractivity contribution in [1.29, 1.82) is 0 Å². The third-order valence-corrected chi connectivity index (χ3v) is 7.38. The number of esters is 1. The van der Waals surface area contributed by atoms with Gasteiger partial charge in [0.2, 0.25) is 10.0 Å². The van der Waals surface area contributed by atoms with Crippen molar-refractivity contribution < 1.29 is 27.5 Å². The van der Waals surface area contributed by atoms with Crippen LogP contribution in [0.3, 0.4) is 0 Å². The lowest BCUT2D eigenvalue weighted by atomic mass is 9.98. The van der Waals surface area contributed by atoms with Crippen molar-refractivity contribution in [1.82, 2.24) is 4.31 Å². The highest BCUT2D eigenvalue weighted by molar-refractivity contribution is 7.89. The van der Waals surface area contributed by atoms with Gasteiger partial charge in [0.1, 0.15) is 5.75 Å². The molecule has 1 aliphatic rings. The highest BCUT2D eigenvalue weighted by Gasteiger charge is 2.27. The number of sulfonamides is 1. The fourth-order valence-corrected chi connectivity index (χ4v) is 5.21. The Bertz CT molecular complexity index is 1070. The van der Waals surface area contributed by atoms with E-state index in [1.807, 2.05) is 19.1 Å². The lowest BCUT2D eigenvalue weighted by Gasteiger charge is -2.15. The molecule has 0 spiro atoms. The van der Waals surface area contributed by atoms with Crippen LogP contribution in [0.5, 0.6) is 5.75 Å². The Balaban J connectivity index is 1.50. The summed E-state index contributed by atoms with van der Waals surface area (Å²) in [5.74, 6) is -0.114. The molecule has 7 nitrogen and oxygen atoms in total. The first-order valence-corrected chi connectivity index (χ1v) is 12.1. The highest BCUT2D eigenvalue weighted by Crippen LogP contribution is 2.24. The average molecular weight is 460 g/mol. The number of ketones is 1. The molecule has 0 saturated carbocycles. The fraction of sp³-hybridized carbons (Fsp3) is 0.417. The van der Waals surface area contributed by atoms with Gasteiger partial charge in [0.15, 0.2) is 19.0 Å². The third kappa shape index (κ3) is 5.75. The van der Waals surface area contributed by atoms with Crippen molar-refractivity contribution in [3.05, 3.63) is 59.2 Å². The predicted molar refractivity (Wildman–Crippen MR) is 120 cm³/mol. The summed E-state index contributed by atoms with van der Waals surface area (Å²) in [6.45, 7) is 6.49. The van der Waals surface area contributed by atoms with Gasteiger partial charge in [0.05, 0.1) is 4.90 Å². The maximum Gasteiger partial charge on any atom is 0.344 e. The number of nitrogens with zero attached hydrogens (tertiary/aromatic N) is 1. The van der Waals surface area contributed by atoms with E-state index in [0.717, 1.165) is 18.4 Å². The van der Waals surface area contributed by atoms with Crippen LogP contribution < -0.4 is 4.74 Å². The molecule has 2 aromatic carbocycles. The number of benzene rings is 2. The lowest BCUT2D eigenvalue weighted by Crippen LogP contribution is -2.27. The molecule has 1 saturated heterocycles. The number of carbonyl (C=O) groups is 2. The first kappa shape index (κ1) is 23.9. The van der Waals surface area contributed by atoms with Crippen molar-refractivity contribution in [3.8, 4) is 5.75 Å². The number of aryl methyl sites for hydroxylation is 1. The molecule has 0 aromatic heterocycles. The normalized spacial score (nSPS) is 14.5. The fourth-order valence-electron chi connectivity index (χ4n) is 3.69. The van der Waals surface area contributed by atoms with Gasteiger partial charge in [-0.15, -0.1) is 0 Å². The van der Waals surface area contributed by atoms with Crippen LogP contribution in [0.4, 0.5) is 0 Å². The second-order valence-corrected chi connectivity index (χ2v) is 10.1. The molecule has 0 aliphatic carbocycles. The van der Waals surface area contributed by atoms with Crippen LogP contribution in [0.25, 0.3) is 0 Å². The van der Waals surface area contributed by atoms with E-state index >= 15 is 0 Å². The van der Waals surface area contributed by atoms with Crippen molar-refractivity contribution in [2.45, 2.75) is 44.4 Å². The third-order valence-electron chi connectivity index (χ3n) is 5.46. The van der Waals surface area contributed by atoms with Crippen molar-refractivity contribution in [2.75, 3.05) is 26.3 Å². The number of hydrogen-bond acceptors (Lipinski definition) is 6. The van der Waals surface area contributed by atoms with Gasteiger partial charge in [-0.05, 0) is 73.2 Å². The minimum atomic E-state index is -3.53. The minimum absolute atomic E-state index is 0.153. The maximum atomic E-state index is 12.6. The molecule has 3 rings (SSSR count). The van der Waals surface area contributed by atoms with Crippen LogP contribution in [0.2, 0.25) is 0 Å². The van der Waals surface area contributed by atoms with E-state index in [2.05, 4.69) is 13.8 Å². The zero-order valence-corrected chi connectivity index (χ0v) is 19.5. The van der Waals surface area contributed by atoms with Gasteiger partial charge < -0.3 is 9.47 Å². The van der Waals surface area contributed by atoms with E-state index in [0.29, 0.717) is 24.8 Å². The van der Waals surface area contributed by atoms with Gasteiger partial charge >= 0.3 is 5.97 Å². The number of carbonyl (C=O) groups excluding carboxylic acids is 2. The molecule has 0 unspecified atom stereocenters. The first-order valence-electron chi connectivity index (χ1n) is 10.7. The molecule has 1 aliphatic heterocycles. The zero-order chi connectivity index (χ0) is 23.3. The van der Waals surface area contributed by atoms with Gasteiger partial charge in [-0.3, -0.25) is 4.79 Å². The van der Waals surface area contributed by atoms with Crippen LogP contribution in [0.1, 0.15) is 54.1 Å². The zero-order valence-electron chi connectivity index (χ0n) is 18.7. The van der Waals surface area contributed by atoms with Crippen LogP contribution in [0.15, 0.2) is 47.4 Å². The quantitative estimate of drug-likeness (QED) is 0.419. The van der Waals surface area contributed by atoms with Crippen LogP contribution in [-0.2, 0) is 19.6 Å². The van der Waals surface area contributed by atoms with Gasteiger partial charge in [0.25, 0.3) is 0 Å². The molecular weight excluding hydrogens is 430 g/mol. The minimum Gasteiger partial charge on any atom is -0.482 e. The van der Waals surface area contributed by atoms with E-state index in [1.165, 1.54) is 34.1 Å². The smallest absolute Gasteiger partial charge is 0.344 e. The second-order valence-electron chi connectivity index (χ2n) is 8.18. The molecule has 0 N–H and O–H groups in total. The highest BCUT2D eigenvalue weighted by atomic mass is 32.2. The molecule has 0 amide bonds. The number of rotatable bonds is 9. The Hall–Kier alpha value is -2.71. The summed E-state index contributed by atoms with van der Waals surface area (Å²) in [5, 5.41) is 0. The van der Waals surface area contributed by atoms with Crippen LogP contribution in [0, 0.1) is 6.92 Å². The molecule has 1 heterocycles. The van der Waals surface area contributed by atoms with E-state index in [-0.39, 0.29) is 17.1 Å². The molecule has 0 atom stereocenters. The summed E-state index contributed by atoms with van der Waals surface area (Å²) in [4.78, 5) is 24.4. The molecule has 0 radical (unpaired) electrons. The summed E-state index contributed by atoms with van der Waals surface area (Å²) >= 11 is 0. The SMILES string of the molecule is Cc1cc(OCC(=O)OCC(=O)c2ccc(S(=O)(=O)N3CCCC3)cc2)ccc1C(C)C. The molecule has 2 aromatic rings. The molecule has 1 fully saturated rings. The van der Waals surface area contributed by atoms with Crippen LogP contribution >= 0.6 is 0 Å². The van der Waals surface area contributed by atoms with E-state index in [4.69, 9.17) is 9.47 Å². The second kappa shape index (κ2) is 10.3. The standard InChI is InChI=1S/C24H29NO6S/c1-17(2)22-11-8-20(14-18(22)3)30-16-24(27)31-15-23(26)19-6-9-21(10-7-19)32(28,29)25-12-4-5-13-25/h6-11,14,17H,4-5,12-13,15-16H2,1-3H3. The topological polar surface area (TPSA) is 90.0 Å². The Morgan fingerprint density at radius 2 is 1.66 bits per heavy atom. The Kier molecular flexibility index (Phi) is 7.69. The number of ether oxygens (including phenoxy) is 2. The summed E-state index contributed by atoms with van der Waals surface area (Å²) in [7, 11) is -3.53. The first-order chi connectivity index (χ1) is 15.2. The van der Waals surface area contributed by atoms with Gasteiger partial charge in [-0.25, -0.2) is 13.2 Å². The molecule has 172 valence electrons. The van der Waals surface area contributed by atoms with Gasteiger partial charge in [-0.1, -0.05) is 19.9 Å². The summed E-state index contributed by atoms with van der Waals surface area (Å²) < 4.78 is 37.0. The van der Waals surface area contributed by atoms with Crippen LogP contribution in [-0.4, -0.2) is 50.8 Å². The van der Waals surface area contributed by atoms with E-state index in [9.17, 15) is 18.0 Å². The van der Waals surface area contributed by atoms with Gasteiger partial charge in [-0.2, -0.15) is 4.31 Å². The maximum absolute atomic E-state index is 12.6. The average Bonchev–Trinajstić information content (AvgIpc) is 3.32. The number of Topliss-reactive ketones (excluding diaryl/α,β-unsaturated/α-hetero) is 1. The molecule has 32 heavy (non-hydrogen) atoms. The van der Waals surface area contributed by atoms with Crippen molar-refractivity contribution >= 4 is 21.8 Å². The summed E-state index contributed by atoms with van der Waals surface area (Å²) in [6, 6.07) is 11.3. The Labute approximate surface area is 189 Å². The largest absolute Gasteiger partial charge is 0.482 e. The summed E-state index contributed by atoms with van der Waals surface area (Å²) in [6.07, 6.45) is 1.71. The predicted octanol–water partition coefficient (Wildman–Crippen LogP) is 3.71. The Morgan fingerprint density at radius 3 is 2.25 bits per heavy atom.